The van der Waals surface area contributed by atoms with Crippen LogP contribution in [-0.4, -0.2) is 70.3 Å². The second-order valence-electron chi connectivity index (χ2n) is 8.11. The lowest BCUT2D eigenvalue weighted by Gasteiger charge is -2.32. The van der Waals surface area contributed by atoms with E-state index < -0.39 is 0 Å². The van der Waals surface area contributed by atoms with Gasteiger partial charge in [0, 0.05) is 52.4 Å². The van der Waals surface area contributed by atoms with Crippen LogP contribution in [0.4, 0.5) is 0 Å². The average Bonchev–Trinajstić information content (AvgIpc) is 2.87. The monoisotopic (exact) mass is 390 g/mol. The SMILES string of the molecule is CCN(C(=O)CC1CCOCC1)C1CCCN(C(=O)c2cc(C)nn2C)CC1. The summed E-state index contributed by atoms with van der Waals surface area (Å²) in [7, 11) is 1.81. The van der Waals surface area contributed by atoms with Crippen LogP contribution >= 0.6 is 0 Å². The molecule has 3 rings (SSSR count). The number of rotatable bonds is 5. The number of amides is 2. The van der Waals surface area contributed by atoms with E-state index in [1.807, 2.05) is 24.9 Å². The Morgan fingerprint density at radius 2 is 1.96 bits per heavy atom. The molecule has 7 heteroatoms. The van der Waals surface area contributed by atoms with E-state index in [0.29, 0.717) is 24.6 Å². The number of carbonyl (C=O) groups excluding carboxylic acids is 2. The Morgan fingerprint density at radius 3 is 2.61 bits per heavy atom. The summed E-state index contributed by atoms with van der Waals surface area (Å²) in [6, 6.07) is 2.07. The average molecular weight is 391 g/mol. The van der Waals surface area contributed by atoms with Gasteiger partial charge in [-0.3, -0.25) is 14.3 Å². The molecule has 0 aliphatic carbocycles. The number of aromatic nitrogens is 2. The highest BCUT2D eigenvalue weighted by atomic mass is 16.5. The lowest BCUT2D eigenvalue weighted by Crippen LogP contribution is -2.42. The first-order chi connectivity index (χ1) is 13.5. The third kappa shape index (κ3) is 4.93. The van der Waals surface area contributed by atoms with Crippen LogP contribution in [0.2, 0.25) is 0 Å². The summed E-state index contributed by atoms with van der Waals surface area (Å²) < 4.78 is 7.08. The van der Waals surface area contributed by atoms with Crippen molar-refractivity contribution in [1.82, 2.24) is 19.6 Å². The first-order valence-electron chi connectivity index (χ1n) is 10.7. The van der Waals surface area contributed by atoms with E-state index in [-0.39, 0.29) is 17.9 Å². The Kier molecular flexibility index (Phi) is 7.10. The number of nitrogens with zero attached hydrogens (tertiary/aromatic N) is 4. The highest BCUT2D eigenvalue weighted by Gasteiger charge is 2.29. The largest absolute Gasteiger partial charge is 0.381 e. The van der Waals surface area contributed by atoms with Crippen molar-refractivity contribution in [3.8, 4) is 0 Å². The maximum Gasteiger partial charge on any atom is 0.272 e. The smallest absolute Gasteiger partial charge is 0.272 e. The van der Waals surface area contributed by atoms with E-state index in [1.165, 1.54) is 0 Å². The van der Waals surface area contributed by atoms with Gasteiger partial charge in [0.25, 0.3) is 5.91 Å². The number of carbonyl (C=O) groups is 2. The van der Waals surface area contributed by atoms with Crippen LogP contribution in [0.5, 0.6) is 0 Å². The minimum atomic E-state index is 0.0420. The van der Waals surface area contributed by atoms with Gasteiger partial charge in [-0.1, -0.05) is 0 Å². The molecule has 0 aromatic carbocycles. The van der Waals surface area contributed by atoms with Crippen molar-refractivity contribution in [3.63, 3.8) is 0 Å². The van der Waals surface area contributed by atoms with Crippen LogP contribution in [0.3, 0.4) is 0 Å². The number of hydrogen-bond acceptors (Lipinski definition) is 4. The topological polar surface area (TPSA) is 67.7 Å². The van der Waals surface area contributed by atoms with Crippen LogP contribution < -0.4 is 0 Å². The molecule has 0 spiro atoms. The Balaban J connectivity index is 1.58. The molecule has 2 aliphatic rings. The predicted molar refractivity (Wildman–Crippen MR) is 107 cm³/mol. The van der Waals surface area contributed by atoms with Gasteiger partial charge in [0.2, 0.25) is 5.91 Å². The van der Waals surface area contributed by atoms with Crippen molar-refractivity contribution in [1.29, 1.82) is 0 Å². The third-order valence-corrected chi connectivity index (χ3v) is 6.11. The van der Waals surface area contributed by atoms with Crippen molar-refractivity contribution < 1.29 is 14.3 Å². The van der Waals surface area contributed by atoms with Gasteiger partial charge in [-0.2, -0.15) is 5.10 Å². The third-order valence-electron chi connectivity index (χ3n) is 6.11. The standard InChI is InChI=1S/C21H34N4O3/c1-4-25(20(26)15-17-8-12-28-13-9-17)18-6-5-10-24(11-7-18)21(27)19-14-16(2)22-23(19)3/h14,17-18H,4-13,15H2,1-3H3. The minimum Gasteiger partial charge on any atom is -0.381 e. The highest BCUT2D eigenvalue weighted by Crippen LogP contribution is 2.23. The maximum absolute atomic E-state index is 12.9. The van der Waals surface area contributed by atoms with Gasteiger partial charge in [-0.15, -0.1) is 0 Å². The molecule has 0 radical (unpaired) electrons. The Labute approximate surface area is 168 Å². The lowest BCUT2D eigenvalue weighted by molar-refractivity contribution is -0.135. The quantitative estimate of drug-likeness (QED) is 0.774. The molecule has 0 bridgehead atoms. The normalized spacial score (nSPS) is 21.4. The van der Waals surface area contributed by atoms with Gasteiger partial charge < -0.3 is 14.5 Å². The molecule has 1 aromatic heterocycles. The van der Waals surface area contributed by atoms with E-state index in [9.17, 15) is 9.59 Å². The summed E-state index contributed by atoms with van der Waals surface area (Å²) in [5, 5.41) is 4.29. The van der Waals surface area contributed by atoms with Crippen LogP contribution in [0.25, 0.3) is 0 Å². The molecule has 2 aliphatic heterocycles. The van der Waals surface area contributed by atoms with Gasteiger partial charge in [0.05, 0.1) is 5.69 Å². The van der Waals surface area contributed by atoms with Gasteiger partial charge >= 0.3 is 0 Å². The molecule has 28 heavy (non-hydrogen) atoms. The van der Waals surface area contributed by atoms with Crippen molar-refractivity contribution in [2.75, 3.05) is 32.8 Å². The predicted octanol–water partition coefficient (Wildman–Crippen LogP) is 2.39. The van der Waals surface area contributed by atoms with Crippen LogP contribution in [0.1, 0.15) is 61.6 Å². The number of aryl methyl sites for hydroxylation is 2. The fraction of sp³-hybridized carbons (Fsp3) is 0.762. The zero-order chi connectivity index (χ0) is 20.1. The summed E-state index contributed by atoms with van der Waals surface area (Å²) in [6.07, 6.45) is 5.33. The molecular weight excluding hydrogens is 356 g/mol. The van der Waals surface area contributed by atoms with Crippen molar-refractivity contribution in [2.45, 2.75) is 58.4 Å². The molecule has 1 atom stereocenters. The summed E-state index contributed by atoms with van der Waals surface area (Å²) >= 11 is 0. The second kappa shape index (κ2) is 9.54. The summed E-state index contributed by atoms with van der Waals surface area (Å²) in [6.45, 7) is 7.68. The van der Waals surface area contributed by atoms with E-state index in [2.05, 4.69) is 16.9 Å². The second-order valence-corrected chi connectivity index (χ2v) is 8.11. The van der Waals surface area contributed by atoms with Crippen LogP contribution in [0.15, 0.2) is 6.07 Å². The van der Waals surface area contributed by atoms with E-state index in [0.717, 1.165) is 64.1 Å². The van der Waals surface area contributed by atoms with E-state index in [4.69, 9.17) is 4.74 Å². The molecule has 1 unspecified atom stereocenters. The highest BCUT2D eigenvalue weighted by molar-refractivity contribution is 5.92. The Bertz CT molecular complexity index is 681. The number of ether oxygens (including phenoxy) is 1. The molecule has 0 saturated carbocycles. The first kappa shape index (κ1) is 20.8. The Morgan fingerprint density at radius 1 is 1.21 bits per heavy atom. The maximum atomic E-state index is 12.9. The van der Waals surface area contributed by atoms with Crippen molar-refractivity contribution in [3.05, 3.63) is 17.5 Å². The minimum absolute atomic E-state index is 0.0420. The first-order valence-corrected chi connectivity index (χ1v) is 10.7. The molecule has 0 N–H and O–H groups in total. The van der Waals surface area contributed by atoms with E-state index >= 15 is 0 Å². The Hall–Kier alpha value is -1.89. The van der Waals surface area contributed by atoms with Crippen molar-refractivity contribution in [2.24, 2.45) is 13.0 Å². The summed E-state index contributed by atoms with van der Waals surface area (Å²) in [4.78, 5) is 29.8. The lowest BCUT2D eigenvalue weighted by atomic mass is 9.95. The van der Waals surface area contributed by atoms with Gasteiger partial charge in [0.1, 0.15) is 5.69 Å². The molecular formula is C21H34N4O3. The van der Waals surface area contributed by atoms with Gasteiger partial charge in [0.15, 0.2) is 0 Å². The summed E-state index contributed by atoms with van der Waals surface area (Å²) in [5.74, 6) is 0.758. The zero-order valence-corrected chi connectivity index (χ0v) is 17.5. The fourth-order valence-electron chi connectivity index (χ4n) is 4.52. The van der Waals surface area contributed by atoms with Crippen LogP contribution in [-0.2, 0) is 16.6 Å². The molecule has 156 valence electrons. The van der Waals surface area contributed by atoms with Crippen molar-refractivity contribution >= 4 is 11.8 Å². The molecule has 2 saturated heterocycles. The van der Waals surface area contributed by atoms with E-state index in [1.54, 1.807) is 4.68 Å². The van der Waals surface area contributed by atoms with Gasteiger partial charge in [-0.25, -0.2) is 0 Å². The molecule has 7 nitrogen and oxygen atoms in total. The zero-order valence-electron chi connectivity index (χ0n) is 17.5. The molecule has 2 amide bonds. The molecule has 2 fully saturated rings. The number of likely N-dealkylation sites (tertiary alicyclic amines) is 1. The number of hydrogen-bond donors (Lipinski definition) is 0. The van der Waals surface area contributed by atoms with Crippen LogP contribution in [0, 0.1) is 12.8 Å². The van der Waals surface area contributed by atoms with Gasteiger partial charge in [-0.05, 0) is 57.9 Å². The summed E-state index contributed by atoms with van der Waals surface area (Å²) in [5.41, 5.74) is 1.49. The molecule has 3 heterocycles. The fourth-order valence-corrected chi connectivity index (χ4v) is 4.52. The molecule has 1 aromatic rings.